The minimum atomic E-state index is -0.461. The first-order chi connectivity index (χ1) is 13.5. The number of piperidine rings is 1. The van der Waals surface area contributed by atoms with Gasteiger partial charge in [0, 0.05) is 24.0 Å². The number of pyridine rings is 1. The van der Waals surface area contributed by atoms with E-state index in [9.17, 15) is 9.82 Å². The number of aryl methyl sites for hydroxylation is 1. The van der Waals surface area contributed by atoms with Crippen molar-refractivity contribution in [2.75, 3.05) is 22.9 Å². The van der Waals surface area contributed by atoms with E-state index in [1.807, 2.05) is 47.1 Å². The Morgan fingerprint density at radius 3 is 2.68 bits per heavy atom. The second-order valence-corrected chi connectivity index (χ2v) is 7.95. The van der Waals surface area contributed by atoms with Crippen LogP contribution in [0, 0.1) is 6.92 Å². The average molecular weight is 399 g/mol. The standard InChI is InChI=1S/C20H24BClN4O2/c1-14-4-3-5-17(22)19(14)25-13-15-12-23-9-6-18(15)26(20(25)27)16-7-10-24(11-8-16)21(2)28/h3-6,9,12,16,28H,7-8,10-11,13H2,1-2H3. The summed E-state index contributed by atoms with van der Waals surface area (Å²) in [6, 6.07) is 7.64. The highest BCUT2D eigenvalue weighted by Crippen LogP contribution is 2.38. The summed E-state index contributed by atoms with van der Waals surface area (Å²) in [5.74, 6) is 0. The number of halogens is 1. The molecule has 4 rings (SSSR count). The summed E-state index contributed by atoms with van der Waals surface area (Å²) in [6.45, 7) is 5.73. The van der Waals surface area contributed by atoms with E-state index in [4.69, 9.17) is 11.6 Å². The Kier molecular flexibility index (Phi) is 5.32. The highest BCUT2D eigenvalue weighted by Gasteiger charge is 2.38. The first-order valence-electron chi connectivity index (χ1n) is 9.68. The quantitative estimate of drug-likeness (QED) is 0.803. The van der Waals surface area contributed by atoms with Gasteiger partial charge in [-0.1, -0.05) is 23.7 Å². The molecule has 28 heavy (non-hydrogen) atoms. The van der Waals surface area contributed by atoms with E-state index < -0.39 is 7.05 Å². The van der Waals surface area contributed by atoms with Crippen LogP contribution in [0.4, 0.5) is 16.2 Å². The monoisotopic (exact) mass is 398 g/mol. The van der Waals surface area contributed by atoms with E-state index in [0.717, 1.165) is 48.4 Å². The van der Waals surface area contributed by atoms with E-state index in [2.05, 4.69) is 4.98 Å². The molecule has 6 nitrogen and oxygen atoms in total. The van der Waals surface area contributed by atoms with Crippen LogP contribution in [0.15, 0.2) is 36.7 Å². The van der Waals surface area contributed by atoms with Gasteiger partial charge >= 0.3 is 13.1 Å². The van der Waals surface area contributed by atoms with Gasteiger partial charge in [0.05, 0.1) is 22.9 Å². The van der Waals surface area contributed by atoms with E-state index in [0.29, 0.717) is 11.6 Å². The van der Waals surface area contributed by atoms with E-state index in [1.54, 1.807) is 17.9 Å². The minimum Gasteiger partial charge on any atom is -0.437 e. The molecule has 0 unspecified atom stereocenters. The zero-order chi connectivity index (χ0) is 19.8. The Morgan fingerprint density at radius 2 is 2.00 bits per heavy atom. The molecule has 1 aromatic heterocycles. The van der Waals surface area contributed by atoms with Gasteiger partial charge in [0.15, 0.2) is 0 Å². The molecule has 2 aromatic rings. The van der Waals surface area contributed by atoms with Crippen molar-refractivity contribution in [2.24, 2.45) is 0 Å². The molecule has 8 heteroatoms. The van der Waals surface area contributed by atoms with Crippen molar-refractivity contribution in [1.82, 2.24) is 9.79 Å². The number of aromatic nitrogens is 1. The van der Waals surface area contributed by atoms with Crippen LogP contribution in [0.25, 0.3) is 0 Å². The average Bonchev–Trinajstić information content (AvgIpc) is 2.68. The summed E-state index contributed by atoms with van der Waals surface area (Å²) in [7, 11) is -0.461. The lowest BCUT2D eigenvalue weighted by Gasteiger charge is -2.44. The maximum Gasteiger partial charge on any atom is 0.376 e. The lowest BCUT2D eigenvalue weighted by molar-refractivity contribution is 0.238. The maximum atomic E-state index is 13.6. The number of anilines is 2. The fraction of sp³-hybridized carbons (Fsp3) is 0.400. The van der Waals surface area contributed by atoms with Crippen LogP contribution < -0.4 is 9.80 Å². The molecule has 0 radical (unpaired) electrons. The van der Waals surface area contributed by atoms with Crippen LogP contribution in [-0.2, 0) is 6.54 Å². The number of benzene rings is 1. The molecule has 3 heterocycles. The number of fused-ring (bicyclic) bond motifs is 1. The third-order valence-corrected chi connectivity index (χ3v) is 6.06. The number of para-hydroxylation sites is 1. The van der Waals surface area contributed by atoms with Crippen molar-refractivity contribution in [2.45, 2.75) is 39.2 Å². The van der Waals surface area contributed by atoms with Gasteiger partial charge in [0.25, 0.3) is 0 Å². The highest BCUT2D eigenvalue weighted by molar-refractivity contribution is 6.45. The summed E-state index contributed by atoms with van der Waals surface area (Å²) < 4.78 is 0. The van der Waals surface area contributed by atoms with Crippen LogP contribution in [0.1, 0.15) is 24.0 Å². The topological polar surface area (TPSA) is 59.9 Å². The van der Waals surface area contributed by atoms with Crippen molar-refractivity contribution >= 4 is 36.1 Å². The van der Waals surface area contributed by atoms with Crippen molar-refractivity contribution in [3.05, 3.63) is 52.8 Å². The summed E-state index contributed by atoms with van der Waals surface area (Å²) >= 11 is 6.48. The number of amides is 2. The van der Waals surface area contributed by atoms with Crippen LogP contribution >= 0.6 is 11.6 Å². The summed E-state index contributed by atoms with van der Waals surface area (Å²) in [6.07, 6.45) is 5.20. The molecule has 2 aliphatic heterocycles. The van der Waals surface area contributed by atoms with Gasteiger partial charge in [-0.05, 0) is 57.4 Å². The van der Waals surface area contributed by atoms with E-state index in [1.165, 1.54) is 0 Å². The number of urea groups is 1. The van der Waals surface area contributed by atoms with Crippen LogP contribution in [0.5, 0.6) is 0 Å². The van der Waals surface area contributed by atoms with Gasteiger partial charge in [-0.15, -0.1) is 0 Å². The van der Waals surface area contributed by atoms with Gasteiger partial charge in [-0.2, -0.15) is 0 Å². The molecule has 1 saturated heterocycles. The second-order valence-electron chi connectivity index (χ2n) is 7.55. The molecule has 1 aromatic carbocycles. The van der Waals surface area contributed by atoms with Crippen LogP contribution in [0.2, 0.25) is 11.8 Å². The molecule has 1 N–H and O–H groups in total. The molecule has 146 valence electrons. The zero-order valence-electron chi connectivity index (χ0n) is 16.2. The first-order valence-corrected chi connectivity index (χ1v) is 10.1. The minimum absolute atomic E-state index is 0.0506. The molecule has 0 aliphatic carbocycles. The lowest BCUT2D eigenvalue weighted by Crippen LogP contribution is -2.56. The molecular weight excluding hydrogens is 375 g/mol. The number of hydrogen-bond donors (Lipinski definition) is 1. The first kappa shape index (κ1) is 19.2. The number of rotatable bonds is 3. The lowest BCUT2D eigenvalue weighted by atomic mass is 9.82. The molecule has 2 aliphatic rings. The van der Waals surface area contributed by atoms with Crippen molar-refractivity contribution < 1.29 is 9.82 Å². The molecule has 0 spiro atoms. The number of hydrogen-bond acceptors (Lipinski definition) is 4. The van der Waals surface area contributed by atoms with Gasteiger partial charge < -0.3 is 9.83 Å². The SMILES string of the molecule is CB(O)N1CCC(N2C(=O)N(c3c(C)cccc3Cl)Cc3cnccc32)CC1. The number of nitrogens with zero attached hydrogens (tertiary/aromatic N) is 4. The summed E-state index contributed by atoms with van der Waals surface area (Å²) in [5.41, 5.74) is 3.67. The Bertz CT molecular complexity index is 866. The van der Waals surface area contributed by atoms with E-state index in [-0.39, 0.29) is 12.1 Å². The van der Waals surface area contributed by atoms with Gasteiger partial charge in [0.2, 0.25) is 0 Å². The van der Waals surface area contributed by atoms with Crippen molar-refractivity contribution in [1.29, 1.82) is 0 Å². The third kappa shape index (κ3) is 3.38. The Balaban J connectivity index is 1.70. The van der Waals surface area contributed by atoms with Gasteiger partial charge in [0.1, 0.15) is 0 Å². The summed E-state index contributed by atoms with van der Waals surface area (Å²) in [4.78, 5) is 23.6. The number of carbonyl (C=O) groups excluding carboxylic acids is 1. The van der Waals surface area contributed by atoms with Crippen LogP contribution in [-0.4, -0.2) is 47.0 Å². The molecule has 1 fully saturated rings. The van der Waals surface area contributed by atoms with Crippen LogP contribution in [0.3, 0.4) is 0 Å². The molecule has 0 atom stereocenters. The highest BCUT2D eigenvalue weighted by atomic mass is 35.5. The van der Waals surface area contributed by atoms with Gasteiger partial charge in [-0.25, -0.2) is 4.79 Å². The predicted octanol–water partition coefficient (Wildman–Crippen LogP) is 3.56. The molecule has 2 amide bonds. The summed E-state index contributed by atoms with van der Waals surface area (Å²) in [5, 5.41) is 10.4. The fourth-order valence-corrected chi connectivity index (χ4v) is 4.58. The Hall–Kier alpha value is -2.09. The molecule has 0 saturated carbocycles. The zero-order valence-corrected chi connectivity index (χ0v) is 16.9. The maximum absolute atomic E-state index is 13.6. The van der Waals surface area contributed by atoms with Crippen molar-refractivity contribution in [3.8, 4) is 0 Å². The van der Waals surface area contributed by atoms with Crippen molar-refractivity contribution in [3.63, 3.8) is 0 Å². The molecular formula is C20H24BClN4O2. The van der Waals surface area contributed by atoms with Gasteiger partial charge in [-0.3, -0.25) is 14.8 Å². The largest absolute Gasteiger partial charge is 0.437 e. The second kappa shape index (κ2) is 7.74. The smallest absolute Gasteiger partial charge is 0.376 e. The number of carbonyl (C=O) groups is 1. The molecule has 0 bridgehead atoms. The normalized spacial score (nSPS) is 18.4. The third-order valence-electron chi connectivity index (χ3n) is 5.75. The Labute approximate surface area is 170 Å². The fourth-order valence-electron chi connectivity index (χ4n) is 4.26. The van der Waals surface area contributed by atoms with E-state index >= 15 is 0 Å². The Morgan fingerprint density at radius 1 is 1.25 bits per heavy atom. The predicted molar refractivity (Wildman–Crippen MR) is 113 cm³/mol.